The Bertz CT molecular complexity index is 458. The Balaban J connectivity index is 3.60. The molecule has 0 fully saturated rings. The monoisotopic (exact) mass is 224 g/mol. The van der Waals surface area contributed by atoms with Crippen molar-refractivity contribution in [3.63, 3.8) is 0 Å². The average Bonchev–Trinajstić information content (AvgIpc) is 2.17. The minimum atomic E-state index is 0.0563. The highest BCUT2D eigenvalue weighted by Gasteiger charge is 2.15. The molecule has 0 bridgehead atoms. The molecule has 2 N–H and O–H groups in total. The van der Waals surface area contributed by atoms with Gasteiger partial charge in [-0.1, -0.05) is 11.6 Å². The van der Waals surface area contributed by atoms with Gasteiger partial charge >= 0.3 is 0 Å². The van der Waals surface area contributed by atoms with Crippen LogP contribution in [0.2, 0.25) is 5.02 Å². The Morgan fingerprint density at radius 2 is 1.93 bits per heavy atom. The number of nitrogens with two attached hydrogens (primary N) is 1. The summed E-state index contributed by atoms with van der Waals surface area (Å²) in [7, 11) is 0. The second-order valence-electron chi connectivity index (χ2n) is 2.29. The zero-order chi connectivity index (χ0) is 10.7. The summed E-state index contributed by atoms with van der Waals surface area (Å²) in [5.41, 5.74) is 5.75. The number of thioether (sulfide) groups is 1. The first-order chi connectivity index (χ1) is 6.65. The number of pyridine rings is 1. The third-order valence-electron chi connectivity index (χ3n) is 1.55. The molecule has 1 aromatic rings. The summed E-state index contributed by atoms with van der Waals surface area (Å²) in [6, 6.07) is 3.70. The SMILES string of the molecule is CSc1nc(N)c(C#N)c(Cl)c1C#N. The molecule has 4 nitrogen and oxygen atoms in total. The molecule has 1 rings (SSSR count). The third kappa shape index (κ3) is 1.60. The van der Waals surface area contributed by atoms with Crippen LogP contribution in [0.1, 0.15) is 11.1 Å². The van der Waals surface area contributed by atoms with E-state index in [4.69, 9.17) is 27.9 Å². The van der Waals surface area contributed by atoms with Crippen LogP contribution in [0.25, 0.3) is 0 Å². The first-order valence-electron chi connectivity index (χ1n) is 3.48. The second-order valence-corrected chi connectivity index (χ2v) is 3.47. The van der Waals surface area contributed by atoms with Gasteiger partial charge in [0.2, 0.25) is 0 Å². The van der Waals surface area contributed by atoms with Crippen LogP contribution in [0.4, 0.5) is 5.82 Å². The van der Waals surface area contributed by atoms with Crippen molar-refractivity contribution in [1.82, 2.24) is 4.98 Å². The topological polar surface area (TPSA) is 86.5 Å². The summed E-state index contributed by atoms with van der Waals surface area (Å²) in [4.78, 5) is 3.91. The molecule has 0 aliphatic rings. The molecule has 0 aromatic carbocycles. The van der Waals surface area contributed by atoms with Crippen LogP contribution in [0, 0.1) is 22.7 Å². The van der Waals surface area contributed by atoms with Crippen LogP contribution in [0.5, 0.6) is 0 Å². The lowest BCUT2D eigenvalue weighted by Crippen LogP contribution is -2.00. The minimum Gasteiger partial charge on any atom is -0.383 e. The minimum absolute atomic E-state index is 0.0563. The molecular weight excluding hydrogens is 220 g/mol. The Kier molecular flexibility index (Phi) is 3.19. The largest absolute Gasteiger partial charge is 0.383 e. The van der Waals surface area contributed by atoms with Gasteiger partial charge in [0.1, 0.15) is 34.1 Å². The molecule has 0 unspecified atom stereocenters. The third-order valence-corrected chi connectivity index (χ3v) is 2.61. The molecule has 1 heterocycles. The number of aromatic nitrogens is 1. The van der Waals surface area contributed by atoms with E-state index in [2.05, 4.69) is 4.98 Å². The fraction of sp³-hybridized carbons (Fsp3) is 0.125. The van der Waals surface area contributed by atoms with Crippen LogP contribution in [0.15, 0.2) is 5.03 Å². The van der Waals surface area contributed by atoms with Gasteiger partial charge in [0.25, 0.3) is 0 Å². The highest BCUT2D eigenvalue weighted by molar-refractivity contribution is 7.98. The normalized spacial score (nSPS) is 9.14. The van der Waals surface area contributed by atoms with E-state index >= 15 is 0 Å². The highest BCUT2D eigenvalue weighted by atomic mass is 35.5. The molecule has 0 atom stereocenters. The predicted octanol–water partition coefficient (Wildman–Crippen LogP) is 1.78. The van der Waals surface area contributed by atoms with Crippen molar-refractivity contribution in [3.8, 4) is 12.1 Å². The average molecular weight is 225 g/mol. The first kappa shape index (κ1) is 10.6. The molecular formula is C8H5ClN4S. The van der Waals surface area contributed by atoms with Gasteiger partial charge < -0.3 is 5.73 Å². The van der Waals surface area contributed by atoms with Crippen LogP contribution in [-0.4, -0.2) is 11.2 Å². The Morgan fingerprint density at radius 3 is 2.36 bits per heavy atom. The van der Waals surface area contributed by atoms with Gasteiger partial charge in [-0.2, -0.15) is 10.5 Å². The van der Waals surface area contributed by atoms with E-state index < -0.39 is 0 Å². The maximum Gasteiger partial charge on any atom is 0.144 e. The number of halogens is 1. The van der Waals surface area contributed by atoms with Crippen molar-refractivity contribution < 1.29 is 0 Å². The Hall–Kier alpha value is -1.43. The summed E-state index contributed by atoms with van der Waals surface area (Å²) < 4.78 is 0. The summed E-state index contributed by atoms with van der Waals surface area (Å²) in [5.74, 6) is 0.0563. The predicted molar refractivity (Wildman–Crippen MR) is 54.9 cm³/mol. The number of nitrogens with zero attached hydrogens (tertiary/aromatic N) is 3. The van der Waals surface area contributed by atoms with Crippen molar-refractivity contribution in [3.05, 3.63) is 16.1 Å². The second kappa shape index (κ2) is 4.19. The van der Waals surface area contributed by atoms with Crippen LogP contribution < -0.4 is 5.73 Å². The number of nitrogen functional groups attached to an aromatic ring is 1. The molecule has 0 spiro atoms. The summed E-state index contributed by atoms with van der Waals surface area (Å²) in [5, 5.41) is 18.0. The molecule has 0 radical (unpaired) electrons. The molecule has 70 valence electrons. The lowest BCUT2D eigenvalue weighted by molar-refractivity contribution is 1.12. The van der Waals surface area contributed by atoms with Gasteiger partial charge in [-0.05, 0) is 6.26 Å². The zero-order valence-corrected chi connectivity index (χ0v) is 8.78. The van der Waals surface area contributed by atoms with Crippen molar-refractivity contribution in [2.45, 2.75) is 5.03 Å². The van der Waals surface area contributed by atoms with Gasteiger partial charge in [0.15, 0.2) is 0 Å². The van der Waals surface area contributed by atoms with Gasteiger partial charge in [-0.3, -0.25) is 0 Å². The fourth-order valence-corrected chi connectivity index (χ4v) is 1.77. The molecule has 6 heteroatoms. The first-order valence-corrected chi connectivity index (χ1v) is 5.09. The van der Waals surface area contributed by atoms with E-state index in [1.165, 1.54) is 11.8 Å². The molecule has 1 aromatic heterocycles. The number of anilines is 1. The number of nitriles is 2. The van der Waals surface area contributed by atoms with E-state index in [-0.39, 0.29) is 22.0 Å². The molecule has 0 saturated heterocycles. The van der Waals surface area contributed by atoms with Gasteiger partial charge in [-0.15, -0.1) is 11.8 Å². The van der Waals surface area contributed by atoms with Crippen molar-refractivity contribution in [1.29, 1.82) is 10.5 Å². The maximum atomic E-state index is 8.80. The van der Waals surface area contributed by atoms with E-state index in [9.17, 15) is 0 Å². The quantitative estimate of drug-likeness (QED) is 0.735. The van der Waals surface area contributed by atoms with Crippen LogP contribution in [-0.2, 0) is 0 Å². The lowest BCUT2D eigenvalue weighted by atomic mass is 10.2. The van der Waals surface area contributed by atoms with Crippen molar-refractivity contribution in [2.24, 2.45) is 0 Å². The summed E-state index contributed by atoms with van der Waals surface area (Å²) in [6.45, 7) is 0. The Labute approximate surface area is 90.3 Å². The lowest BCUT2D eigenvalue weighted by Gasteiger charge is -2.05. The fourth-order valence-electron chi connectivity index (χ4n) is 0.903. The Morgan fingerprint density at radius 1 is 1.36 bits per heavy atom. The molecule has 14 heavy (non-hydrogen) atoms. The molecule has 0 aliphatic carbocycles. The maximum absolute atomic E-state index is 8.80. The molecule has 0 aliphatic heterocycles. The van der Waals surface area contributed by atoms with Gasteiger partial charge in [0.05, 0.1) is 5.02 Å². The highest BCUT2D eigenvalue weighted by Crippen LogP contribution is 2.30. The van der Waals surface area contributed by atoms with Crippen molar-refractivity contribution >= 4 is 29.2 Å². The van der Waals surface area contributed by atoms with E-state index in [1.54, 1.807) is 6.26 Å². The van der Waals surface area contributed by atoms with Crippen LogP contribution >= 0.6 is 23.4 Å². The van der Waals surface area contributed by atoms with Crippen molar-refractivity contribution in [2.75, 3.05) is 12.0 Å². The van der Waals surface area contributed by atoms with E-state index in [0.29, 0.717) is 5.03 Å². The van der Waals surface area contributed by atoms with E-state index in [1.807, 2.05) is 12.1 Å². The summed E-state index contributed by atoms with van der Waals surface area (Å²) in [6.07, 6.45) is 1.75. The summed E-state index contributed by atoms with van der Waals surface area (Å²) >= 11 is 7.08. The standard InChI is InChI=1S/C8H5ClN4S/c1-14-8-5(3-11)6(9)4(2-10)7(12)13-8/h1H3,(H2,12,13). The molecule has 0 amide bonds. The van der Waals surface area contributed by atoms with Crippen LogP contribution in [0.3, 0.4) is 0 Å². The number of hydrogen-bond acceptors (Lipinski definition) is 5. The molecule has 0 saturated carbocycles. The number of hydrogen-bond donors (Lipinski definition) is 1. The van der Waals surface area contributed by atoms with Gasteiger partial charge in [-0.25, -0.2) is 4.98 Å². The number of rotatable bonds is 1. The zero-order valence-electron chi connectivity index (χ0n) is 7.21. The van der Waals surface area contributed by atoms with E-state index in [0.717, 1.165) is 0 Å². The van der Waals surface area contributed by atoms with Gasteiger partial charge in [0, 0.05) is 0 Å². The smallest absolute Gasteiger partial charge is 0.144 e.